The topological polar surface area (TPSA) is 21.3 Å². The molecule has 2 fully saturated rings. The molecule has 0 aromatic heterocycles. The van der Waals surface area contributed by atoms with Gasteiger partial charge in [-0.1, -0.05) is 13.8 Å². The van der Waals surface area contributed by atoms with Crippen LogP contribution in [0.1, 0.15) is 47.0 Å². The number of hydrogen-bond acceptors (Lipinski definition) is 2. The van der Waals surface area contributed by atoms with Crippen molar-refractivity contribution in [2.75, 3.05) is 6.54 Å². The predicted molar refractivity (Wildman–Crippen MR) is 53.5 cm³/mol. The molecule has 1 spiro atoms. The number of rotatable bonds is 0. The Morgan fingerprint density at radius 3 is 2.08 bits per heavy atom. The van der Waals surface area contributed by atoms with E-state index in [4.69, 9.17) is 4.74 Å². The summed E-state index contributed by atoms with van der Waals surface area (Å²) < 4.78 is 6.20. The quantitative estimate of drug-likeness (QED) is 0.622. The summed E-state index contributed by atoms with van der Waals surface area (Å²) in [6.45, 7) is 10.0. The van der Waals surface area contributed by atoms with Crippen LogP contribution in [0.2, 0.25) is 0 Å². The summed E-state index contributed by atoms with van der Waals surface area (Å²) in [7, 11) is 0. The molecule has 1 heterocycles. The summed E-state index contributed by atoms with van der Waals surface area (Å²) in [5.74, 6) is 0. The Morgan fingerprint density at radius 1 is 1.08 bits per heavy atom. The van der Waals surface area contributed by atoms with Gasteiger partial charge in [0, 0.05) is 12.0 Å². The second-order valence-electron chi connectivity index (χ2n) is 5.70. The first-order chi connectivity index (χ1) is 5.87. The van der Waals surface area contributed by atoms with Crippen LogP contribution in [0.25, 0.3) is 0 Å². The van der Waals surface area contributed by atoms with Crippen molar-refractivity contribution in [3.05, 3.63) is 0 Å². The molecule has 1 saturated heterocycles. The van der Waals surface area contributed by atoms with Crippen LogP contribution in [0.5, 0.6) is 0 Å². The van der Waals surface area contributed by atoms with Crippen molar-refractivity contribution in [1.29, 1.82) is 0 Å². The lowest BCUT2D eigenvalue weighted by atomic mass is 9.72. The Bertz CT molecular complexity index is 216. The van der Waals surface area contributed by atoms with E-state index in [0.717, 1.165) is 6.54 Å². The summed E-state index contributed by atoms with van der Waals surface area (Å²) in [6.07, 6.45) is 3.68. The first-order valence-corrected chi connectivity index (χ1v) is 5.32. The minimum Gasteiger partial charge on any atom is -0.354 e. The second kappa shape index (κ2) is 2.48. The Balaban J connectivity index is 2.15. The standard InChI is InChI=1S/C11H21NO/c1-9(2)8-12-11(6-5-7-11)13-10(9,3)4/h12H,5-8H2,1-4H3. The van der Waals surface area contributed by atoms with Crippen LogP contribution in [0.3, 0.4) is 0 Å². The molecule has 0 unspecified atom stereocenters. The van der Waals surface area contributed by atoms with E-state index in [2.05, 4.69) is 33.0 Å². The molecule has 2 heteroatoms. The first kappa shape index (κ1) is 9.47. The van der Waals surface area contributed by atoms with Crippen LogP contribution in [0.4, 0.5) is 0 Å². The molecule has 0 amide bonds. The van der Waals surface area contributed by atoms with Crippen molar-refractivity contribution in [2.24, 2.45) is 5.41 Å². The lowest BCUT2D eigenvalue weighted by Gasteiger charge is -2.57. The number of ether oxygens (including phenoxy) is 1. The predicted octanol–water partition coefficient (Wildman–Crippen LogP) is 2.29. The minimum atomic E-state index is -0.00132. The number of hydrogen-bond donors (Lipinski definition) is 1. The molecule has 0 radical (unpaired) electrons. The van der Waals surface area contributed by atoms with Gasteiger partial charge in [0.05, 0.1) is 5.60 Å². The Morgan fingerprint density at radius 2 is 1.69 bits per heavy atom. The van der Waals surface area contributed by atoms with Crippen LogP contribution in [0.15, 0.2) is 0 Å². The highest BCUT2D eigenvalue weighted by atomic mass is 16.5. The van der Waals surface area contributed by atoms with Gasteiger partial charge in [-0.05, 0) is 33.1 Å². The summed E-state index contributed by atoms with van der Waals surface area (Å²) in [5, 5.41) is 3.56. The Kier molecular flexibility index (Phi) is 1.81. The van der Waals surface area contributed by atoms with Gasteiger partial charge in [0.25, 0.3) is 0 Å². The van der Waals surface area contributed by atoms with E-state index in [0.29, 0.717) is 0 Å². The molecule has 1 N–H and O–H groups in total. The molecule has 2 rings (SSSR count). The van der Waals surface area contributed by atoms with Crippen LogP contribution in [-0.4, -0.2) is 17.9 Å². The van der Waals surface area contributed by atoms with Gasteiger partial charge < -0.3 is 4.74 Å². The average Bonchev–Trinajstić information content (AvgIpc) is 1.92. The fourth-order valence-corrected chi connectivity index (χ4v) is 2.03. The zero-order valence-corrected chi connectivity index (χ0v) is 9.24. The maximum atomic E-state index is 6.20. The zero-order chi connectivity index (χ0) is 9.74. The summed E-state index contributed by atoms with van der Waals surface area (Å²) in [6, 6.07) is 0. The third kappa shape index (κ3) is 1.31. The van der Waals surface area contributed by atoms with Crippen molar-refractivity contribution >= 4 is 0 Å². The van der Waals surface area contributed by atoms with Gasteiger partial charge in [-0.2, -0.15) is 0 Å². The fraction of sp³-hybridized carbons (Fsp3) is 1.00. The van der Waals surface area contributed by atoms with E-state index in [1.165, 1.54) is 19.3 Å². The highest BCUT2D eigenvalue weighted by Gasteiger charge is 2.52. The molecule has 1 saturated carbocycles. The van der Waals surface area contributed by atoms with Crippen LogP contribution >= 0.6 is 0 Å². The van der Waals surface area contributed by atoms with E-state index in [-0.39, 0.29) is 16.7 Å². The Labute approximate surface area is 81.0 Å². The molecular weight excluding hydrogens is 162 g/mol. The number of nitrogens with one attached hydrogen (secondary N) is 1. The highest BCUT2D eigenvalue weighted by Crippen LogP contribution is 2.46. The van der Waals surface area contributed by atoms with E-state index in [1.807, 2.05) is 0 Å². The molecule has 13 heavy (non-hydrogen) atoms. The van der Waals surface area contributed by atoms with Crippen molar-refractivity contribution in [1.82, 2.24) is 5.32 Å². The average molecular weight is 183 g/mol. The van der Waals surface area contributed by atoms with Crippen LogP contribution < -0.4 is 5.32 Å². The van der Waals surface area contributed by atoms with Crippen molar-refractivity contribution in [2.45, 2.75) is 58.3 Å². The molecule has 0 aromatic carbocycles. The third-order valence-corrected chi connectivity index (χ3v) is 4.09. The second-order valence-corrected chi connectivity index (χ2v) is 5.70. The molecule has 1 aliphatic heterocycles. The molecular formula is C11H21NO. The van der Waals surface area contributed by atoms with Gasteiger partial charge in [-0.25, -0.2) is 0 Å². The van der Waals surface area contributed by atoms with Gasteiger partial charge in [0.1, 0.15) is 5.72 Å². The maximum absolute atomic E-state index is 6.20. The zero-order valence-electron chi connectivity index (χ0n) is 9.24. The summed E-state index contributed by atoms with van der Waals surface area (Å²) >= 11 is 0. The molecule has 0 aromatic rings. The monoisotopic (exact) mass is 183 g/mol. The molecule has 76 valence electrons. The first-order valence-electron chi connectivity index (χ1n) is 5.32. The van der Waals surface area contributed by atoms with E-state index in [9.17, 15) is 0 Å². The van der Waals surface area contributed by atoms with E-state index < -0.39 is 0 Å². The lowest BCUT2D eigenvalue weighted by Crippen LogP contribution is -2.67. The van der Waals surface area contributed by atoms with E-state index in [1.54, 1.807) is 0 Å². The SMILES string of the molecule is CC1(C)CNC2(CCC2)OC1(C)C. The minimum absolute atomic E-state index is 0.00132. The van der Waals surface area contributed by atoms with Gasteiger partial charge in [0.15, 0.2) is 0 Å². The fourth-order valence-electron chi connectivity index (χ4n) is 2.03. The molecule has 0 atom stereocenters. The lowest BCUT2D eigenvalue weighted by molar-refractivity contribution is -0.262. The van der Waals surface area contributed by atoms with Gasteiger partial charge >= 0.3 is 0 Å². The molecule has 2 aliphatic rings. The van der Waals surface area contributed by atoms with Crippen molar-refractivity contribution in [3.8, 4) is 0 Å². The highest BCUT2D eigenvalue weighted by molar-refractivity contribution is 5.01. The van der Waals surface area contributed by atoms with Crippen molar-refractivity contribution in [3.63, 3.8) is 0 Å². The largest absolute Gasteiger partial charge is 0.354 e. The van der Waals surface area contributed by atoms with E-state index >= 15 is 0 Å². The van der Waals surface area contributed by atoms with Crippen LogP contribution in [0, 0.1) is 5.41 Å². The molecule has 2 nitrogen and oxygen atoms in total. The van der Waals surface area contributed by atoms with Gasteiger partial charge in [0.2, 0.25) is 0 Å². The molecule has 1 aliphatic carbocycles. The van der Waals surface area contributed by atoms with Crippen LogP contribution in [-0.2, 0) is 4.74 Å². The normalized spacial score (nSPS) is 34.2. The Hall–Kier alpha value is -0.0800. The third-order valence-electron chi connectivity index (χ3n) is 4.09. The van der Waals surface area contributed by atoms with Gasteiger partial charge in [-0.15, -0.1) is 0 Å². The smallest absolute Gasteiger partial charge is 0.120 e. The molecule has 0 bridgehead atoms. The van der Waals surface area contributed by atoms with Crippen molar-refractivity contribution < 1.29 is 4.74 Å². The summed E-state index contributed by atoms with van der Waals surface area (Å²) in [4.78, 5) is 0. The van der Waals surface area contributed by atoms with Gasteiger partial charge in [-0.3, -0.25) is 5.32 Å². The maximum Gasteiger partial charge on any atom is 0.120 e. The summed E-state index contributed by atoms with van der Waals surface area (Å²) in [5.41, 5.74) is 0.269.